The third-order valence-electron chi connectivity index (χ3n) is 3.72. The summed E-state index contributed by atoms with van der Waals surface area (Å²) in [6.45, 7) is 5.05. The second-order valence-electron chi connectivity index (χ2n) is 5.50. The molecule has 0 amide bonds. The number of aromatic nitrogens is 2. The Morgan fingerprint density at radius 2 is 1.79 bits per heavy atom. The fourth-order valence-electron chi connectivity index (χ4n) is 2.53. The van der Waals surface area contributed by atoms with Gasteiger partial charge in [-0.25, -0.2) is 19.6 Å². The third kappa shape index (κ3) is 3.03. The van der Waals surface area contributed by atoms with Crippen LogP contribution in [0.4, 0.5) is 0 Å². The molecule has 0 saturated heterocycles. The Bertz CT molecular complexity index is 966. The summed E-state index contributed by atoms with van der Waals surface area (Å²) in [5.74, 6) is -0.311. The monoisotopic (exact) mass is 324 g/mol. The van der Waals surface area contributed by atoms with E-state index in [2.05, 4.69) is 9.97 Å². The number of nitrogens with zero attached hydrogens (tertiary/aromatic N) is 2. The number of hydrogen-bond acceptors (Lipinski definition) is 6. The molecule has 0 spiro atoms. The minimum Gasteiger partial charge on any atom is -0.455 e. The van der Waals surface area contributed by atoms with Crippen molar-refractivity contribution in [3.8, 4) is 0 Å². The van der Waals surface area contributed by atoms with Crippen LogP contribution in [0.25, 0.3) is 11.0 Å². The molecule has 1 aromatic carbocycles. The van der Waals surface area contributed by atoms with Gasteiger partial charge in [0, 0.05) is 6.07 Å². The van der Waals surface area contributed by atoms with Gasteiger partial charge in [-0.2, -0.15) is 0 Å². The lowest BCUT2D eigenvalue weighted by Gasteiger charge is -2.10. The maximum Gasteiger partial charge on any atom is 0.342 e. The summed E-state index contributed by atoms with van der Waals surface area (Å²) in [7, 11) is 0. The van der Waals surface area contributed by atoms with Crippen molar-refractivity contribution >= 4 is 17.0 Å². The molecule has 0 unspecified atom stereocenters. The summed E-state index contributed by atoms with van der Waals surface area (Å²) in [5, 5.41) is 0. The third-order valence-corrected chi connectivity index (χ3v) is 3.72. The molecule has 0 N–H and O–H groups in total. The highest BCUT2D eigenvalue weighted by atomic mass is 16.5. The van der Waals surface area contributed by atoms with Crippen LogP contribution in [-0.4, -0.2) is 15.9 Å². The first kappa shape index (κ1) is 15.9. The number of aryl methyl sites for hydroxylation is 3. The van der Waals surface area contributed by atoms with Crippen molar-refractivity contribution in [2.75, 3.05) is 0 Å². The maximum atomic E-state index is 12.3. The first-order chi connectivity index (χ1) is 11.5. The molecule has 122 valence electrons. The van der Waals surface area contributed by atoms with Crippen LogP contribution in [0.2, 0.25) is 0 Å². The standard InChI is InChI=1S/C18H16N2O4/c1-10-8-16(21)24-12(3)17(10)18(22)23-9-15-11(2)19-13-6-4-5-7-14(13)20-15/h4-8H,9H2,1-3H3. The first-order valence-corrected chi connectivity index (χ1v) is 7.46. The van der Waals surface area contributed by atoms with Gasteiger partial charge in [0.2, 0.25) is 0 Å². The number of ether oxygens (including phenoxy) is 1. The van der Waals surface area contributed by atoms with Crippen LogP contribution in [0.3, 0.4) is 0 Å². The number of rotatable bonds is 3. The molecule has 2 aromatic heterocycles. The number of carbonyl (C=O) groups excluding carboxylic acids is 1. The largest absolute Gasteiger partial charge is 0.455 e. The lowest BCUT2D eigenvalue weighted by atomic mass is 10.1. The summed E-state index contributed by atoms with van der Waals surface area (Å²) >= 11 is 0. The van der Waals surface area contributed by atoms with E-state index < -0.39 is 11.6 Å². The minimum atomic E-state index is -0.553. The Hall–Kier alpha value is -3.02. The molecule has 0 radical (unpaired) electrons. The van der Waals surface area contributed by atoms with E-state index in [1.165, 1.54) is 6.07 Å². The molecule has 6 nitrogen and oxygen atoms in total. The molecule has 3 rings (SSSR count). The quantitative estimate of drug-likeness (QED) is 0.689. The number of fused-ring (bicyclic) bond motifs is 1. The fourth-order valence-corrected chi connectivity index (χ4v) is 2.53. The van der Waals surface area contributed by atoms with Crippen molar-refractivity contribution in [1.29, 1.82) is 0 Å². The van der Waals surface area contributed by atoms with Crippen molar-refractivity contribution in [2.45, 2.75) is 27.4 Å². The highest BCUT2D eigenvalue weighted by Gasteiger charge is 2.17. The summed E-state index contributed by atoms with van der Waals surface area (Å²) in [6.07, 6.45) is 0. The molecule has 0 atom stereocenters. The molecule has 0 aliphatic carbocycles. The molecule has 6 heteroatoms. The van der Waals surface area contributed by atoms with Gasteiger partial charge in [-0.1, -0.05) is 12.1 Å². The predicted octanol–water partition coefficient (Wildman–Crippen LogP) is 2.87. The average molecular weight is 324 g/mol. The van der Waals surface area contributed by atoms with Gasteiger partial charge >= 0.3 is 11.6 Å². The zero-order chi connectivity index (χ0) is 17.3. The highest BCUT2D eigenvalue weighted by molar-refractivity contribution is 5.91. The van der Waals surface area contributed by atoms with Crippen molar-refractivity contribution in [3.63, 3.8) is 0 Å². The first-order valence-electron chi connectivity index (χ1n) is 7.46. The van der Waals surface area contributed by atoms with E-state index in [-0.39, 0.29) is 17.9 Å². The van der Waals surface area contributed by atoms with Gasteiger partial charge in [-0.15, -0.1) is 0 Å². The van der Waals surface area contributed by atoms with E-state index in [1.54, 1.807) is 13.8 Å². The average Bonchev–Trinajstić information content (AvgIpc) is 2.51. The normalized spacial score (nSPS) is 10.8. The van der Waals surface area contributed by atoms with E-state index >= 15 is 0 Å². The van der Waals surface area contributed by atoms with E-state index in [0.717, 1.165) is 11.0 Å². The van der Waals surface area contributed by atoms with E-state index in [1.807, 2.05) is 31.2 Å². The van der Waals surface area contributed by atoms with Crippen LogP contribution in [0.1, 0.15) is 33.1 Å². The fraction of sp³-hybridized carbons (Fsp3) is 0.222. The van der Waals surface area contributed by atoms with Crippen LogP contribution in [0, 0.1) is 20.8 Å². The van der Waals surface area contributed by atoms with Crippen LogP contribution in [0.5, 0.6) is 0 Å². The zero-order valence-electron chi connectivity index (χ0n) is 13.6. The van der Waals surface area contributed by atoms with Gasteiger partial charge in [0.05, 0.1) is 22.4 Å². The van der Waals surface area contributed by atoms with Crippen LogP contribution in [0.15, 0.2) is 39.5 Å². The van der Waals surface area contributed by atoms with Crippen molar-refractivity contribution in [3.05, 3.63) is 69.0 Å². The summed E-state index contributed by atoms with van der Waals surface area (Å²) in [6, 6.07) is 8.77. The van der Waals surface area contributed by atoms with E-state index in [4.69, 9.17) is 9.15 Å². The SMILES string of the molecule is Cc1cc(=O)oc(C)c1C(=O)OCc1nc2ccccc2nc1C. The van der Waals surface area contributed by atoms with Crippen LogP contribution < -0.4 is 5.63 Å². The molecular weight excluding hydrogens is 308 g/mol. The highest BCUT2D eigenvalue weighted by Crippen LogP contribution is 2.16. The second-order valence-corrected chi connectivity index (χ2v) is 5.50. The van der Waals surface area contributed by atoms with Crippen molar-refractivity contribution < 1.29 is 13.9 Å². The van der Waals surface area contributed by atoms with Gasteiger partial charge in [0.1, 0.15) is 17.9 Å². The maximum absolute atomic E-state index is 12.3. The van der Waals surface area contributed by atoms with E-state index in [9.17, 15) is 9.59 Å². The Morgan fingerprint density at radius 1 is 1.12 bits per heavy atom. The second kappa shape index (κ2) is 6.23. The van der Waals surface area contributed by atoms with Crippen molar-refractivity contribution in [1.82, 2.24) is 9.97 Å². The Kier molecular flexibility index (Phi) is 4.12. The molecule has 24 heavy (non-hydrogen) atoms. The molecule has 0 fully saturated rings. The molecule has 0 aliphatic heterocycles. The van der Waals surface area contributed by atoms with Gasteiger partial charge in [0.15, 0.2) is 0 Å². The van der Waals surface area contributed by atoms with Crippen LogP contribution in [-0.2, 0) is 11.3 Å². The number of benzene rings is 1. The lowest BCUT2D eigenvalue weighted by molar-refractivity contribution is 0.0461. The lowest BCUT2D eigenvalue weighted by Crippen LogP contribution is -2.13. The van der Waals surface area contributed by atoms with Gasteiger partial charge in [-0.05, 0) is 38.5 Å². The summed E-state index contributed by atoms with van der Waals surface area (Å²) in [4.78, 5) is 32.6. The number of carbonyl (C=O) groups is 1. The number of hydrogen-bond donors (Lipinski definition) is 0. The van der Waals surface area contributed by atoms with Crippen LogP contribution >= 0.6 is 0 Å². The van der Waals surface area contributed by atoms with Gasteiger partial charge in [-0.3, -0.25) is 0 Å². The van der Waals surface area contributed by atoms with Crippen molar-refractivity contribution in [2.24, 2.45) is 0 Å². The molecule has 2 heterocycles. The van der Waals surface area contributed by atoms with E-state index in [0.29, 0.717) is 17.0 Å². The minimum absolute atomic E-state index is 0.000503. The Morgan fingerprint density at radius 3 is 2.46 bits per heavy atom. The molecular formula is C18H16N2O4. The topological polar surface area (TPSA) is 82.3 Å². The summed E-state index contributed by atoms with van der Waals surface area (Å²) in [5.41, 5.74) is 3.13. The molecule has 0 bridgehead atoms. The molecule has 0 saturated carbocycles. The Balaban J connectivity index is 1.85. The van der Waals surface area contributed by atoms with Gasteiger partial charge < -0.3 is 9.15 Å². The smallest absolute Gasteiger partial charge is 0.342 e. The number of esters is 1. The molecule has 0 aliphatic rings. The van der Waals surface area contributed by atoms with Gasteiger partial charge in [0.25, 0.3) is 0 Å². The zero-order valence-corrected chi connectivity index (χ0v) is 13.6. The number of para-hydroxylation sites is 2. The molecule has 3 aromatic rings. The Labute approximate surface area is 138 Å². The summed E-state index contributed by atoms with van der Waals surface area (Å²) < 4.78 is 10.3. The predicted molar refractivity (Wildman–Crippen MR) is 87.8 cm³/mol.